The maximum atomic E-state index is 13.3. The van der Waals surface area contributed by atoms with Crippen LogP contribution in [0.2, 0.25) is 0 Å². The average molecular weight is 432 g/mol. The minimum Gasteiger partial charge on any atom is -0.366 e. The van der Waals surface area contributed by atoms with Crippen LogP contribution in [-0.2, 0) is 0 Å². The fraction of sp³-hybridized carbons (Fsp3) is 0.136. The number of alkyl halides is 1. The molecular formula is C22H18F2N8. The molecule has 4 heterocycles. The van der Waals surface area contributed by atoms with Gasteiger partial charge in [0.05, 0.1) is 42.7 Å². The van der Waals surface area contributed by atoms with Crippen molar-refractivity contribution in [3.05, 3.63) is 78.8 Å². The Hall–Kier alpha value is -4.21. The van der Waals surface area contributed by atoms with Crippen molar-refractivity contribution in [2.24, 2.45) is 0 Å². The number of hydrogen-bond acceptors (Lipinski definition) is 6. The third-order valence-corrected chi connectivity index (χ3v) is 5.14. The summed E-state index contributed by atoms with van der Waals surface area (Å²) in [5.74, 6) is -0.147. The molecule has 10 heteroatoms. The zero-order valence-corrected chi connectivity index (χ0v) is 16.8. The second kappa shape index (κ2) is 8.14. The number of fused-ring (bicyclic) bond motifs is 1. The molecular weight excluding hydrogens is 414 g/mol. The van der Waals surface area contributed by atoms with Gasteiger partial charge in [-0.1, -0.05) is 12.1 Å². The van der Waals surface area contributed by atoms with E-state index in [-0.39, 0.29) is 24.2 Å². The summed E-state index contributed by atoms with van der Waals surface area (Å²) in [6, 6.07) is 9.33. The fourth-order valence-electron chi connectivity index (χ4n) is 3.58. The van der Waals surface area contributed by atoms with Crippen molar-refractivity contribution in [1.29, 1.82) is 0 Å². The lowest BCUT2D eigenvalue weighted by atomic mass is 10.0. The number of nitrogens with zero attached hydrogens (tertiary/aromatic N) is 7. The lowest BCUT2D eigenvalue weighted by molar-refractivity contribution is 0.395. The Bertz CT molecular complexity index is 1380. The summed E-state index contributed by atoms with van der Waals surface area (Å²) in [6.45, 7) is -0.526. The highest BCUT2D eigenvalue weighted by Crippen LogP contribution is 2.26. The molecule has 0 saturated carbocycles. The highest BCUT2D eigenvalue weighted by Gasteiger charge is 2.16. The van der Waals surface area contributed by atoms with Gasteiger partial charge in [-0.15, -0.1) is 5.10 Å². The minimum atomic E-state index is -0.526. The molecule has 0 aliphatic heterocycles. The van der Waals surface area contributed by atoms with Gasteiger partial charge in [0.1, 0.15) is 5.82 Å². The van der Waals surface area contributed by atoms with E-state index in [0.29, 0.717) is 17.0 Å². The molecule has 160 valence electrons. The van der Waals surface area contributed by atoms with Crippen LogP contribution >= 0.6 is 0 Å². The third-order valence-electron chi connectivity index (χ3n) is 5.14. The van der Waals surface area contributed by atoms with Gasteiger partial charge in [-0.3, -0.25) is 14.1 Å². The Labute approximate surface area is 181 Å². The van der Waals surface area contributed by atoms with Crippen LogP contribution in [0.5, 0.6) is 0 Å². The second-order valence-electron chi connectivity index (χ2n) is 7.23. The number of pyridine rings is 1. The molecule has 0 saturated heterocycles. The summed E-state index contributed by atoms with van der Waals surface area (Å²) < 4.78 is 29.8. The maximum absolute atomic E-state index is 13.3. The summed E-state index contributed by atoms with van der Waals surface area (Å²) in [5, 5.41) is 8.48. The molecule has 1 atom stereocenters. The largest absolute Gasteiger partial charge is 0.366 e. The lowest BCUT2D eigenvalue weighted by Gasteiger charge is -2.16. The predicted octanol–water partition coefficient (Wildman–Crippen LogP) is 3.72. The maximum Gasteiger partial charge on any atom is 0.240 e. The molecule has 0 bridgehead atoms. The van der Waals surface area contributed by atoms with Crippen LogP contribution in [0.4, 0.5) is 14.7 Å². The molecule has 4 aromatic heterocycles. The van der Waals surface area contributed by atoms with Crippen molar-refractivity contribution in [1.82, 2.24) is 34.3 Å². The van der Waals surface area contributed by atoms with Crippen LogP contribution < -0.4 is 5.73 Å². The highest BCUT2D eigenvalue weighted by atomic mass is 19.1. The lowest BCUT2D eigenvalue weighted by Crippen LogP contribution is -2.12. The number of nitrogen functional groups attached to an aromatic ring is 1. The number of rotatable bonds is 6. The molecule has 5 rings (SSSR count). The fourth-order valence-corrected chi connectivity index (χ4v) is 3.58. The molecule has 0 radical (unpaired) electrons. The average Bonchev–Trinajstić information content (AvgIpc) is 3.44. The molecule has 8 nitrogen and oxygen atoms in total. The van der Waals surface area contributed by atoms with Crippen LogP contribution in [-0.4, -0.2) is 41.0 Å². The third kappa shape index (κ3) is 3.78. The molecule has 1 aromatic carbocycles. The van der Waals surface area contributed by atoms with E-state index in [4.69, 9.17) is 10.7 Å². The van der Waals surface area contributed by atoms with Gasteiger partial charge in [-0.2, -0.15) is 10.1 Å². The van der Waals surface area contributed by atoms with E-state index >= 15 is 0 Å². The number of anilines is 1. The Morgan fingerprint density at radius 3 is 2.53 bits per heavy atom. The second-order valence-corrected chi connectivity index (χ2v) is 7.23. The summed E-state index contributed by atoms with van der Waals surface area (Å²) in [4.78, 5) is 13.2. The zero-order valence-electron chi connectivity index (χ0n) is 16.8. The molecule has 0 spiro atoms. The molecule has 32 heavy (non-hydrogen) atoms. The molecule has 0 amide bonds. The minimum absolute atomic E-state index is 0.193. The van der Waals surface area contributed by atoms with Gasteiger partial charge in [-0.05, 0) is 29.8 Å². The van der Waals surface area contributed by atoms with E-state index in [9.17, 15) is 8.78 Å². The van der Waals surface area contributed by atoms with Gasteiger partial charge in [0.15, 0.2) is 5.65 Å². The first kappa shape index (κ1) is 19.7. The van der Waals surface area contributed by atoms with Gasteiger partial charge in [0.25, 0.3) is 0 Å². The van der Waals surface area contributed by atoms with Crippen LogP contribution in [0, 0.1) is 5.82 Å². The number of nitrogens with two attached hydrogens (primary N) is 1. The Kier molecular flexibility index (Phi) is 5.02. The van der Waals surface area contributed by atoms with E-state index in [1.54, 1.807) is 52.3 Å². The standard InChI is InChI=1S/C22H18F2N8/c23-7-5-20(14-1-3-17(24)4-2-14)32-13-16(10-27-32)19-12-26-11-18(28-19)15-6-8-31-21(9-15)29-22(25)30-31/h1-4,6,8-13,20H,5,7H2,(H2,25,30). The smallest absolute Gasteiger partial charge is 0.240 e. The van der Waals surface area contributed by atoms with Gasteiger partial charge >= 0.3 is 0 Å². The monoisotopic (exact) mass is 432 g/mol. The first-order chi connectivity index (χ1) is 15.6. The summed E-state index contributed by atoms with van der Waals surface area (Å²) in [7, 11) is 0. The van der Waals surface area contributed by atoms with Crippen molar-refractivity contribution in [3.63, 3.8) is 0 Å². The first-order valence-corrected chi connectivity index (χ1v) is 9.91. The summed E-state index contributed by atoms with van der Waals surface area (Å²) in [5.41, 5.74) is 9.85. The molecule has 0 fully saturated rings. The van der Waals surface area contributed by atoms with Crippen molar-refractivity contribution in [2.75, 3.05) is 12.4 Å². The Balaban J connectivity index is 1.47. The molecule has 5 aromatic rings. The topological polar surface area (TPSA) is 99.8 Å². The van der Waals surface area contributed by atoms with Crippen molar-refractivity contribution < 1.29 is 8.78 Å². The van der Waals surface area contributed by atoms with E-state index in [1.807, 2.05) is 12.1 Å². The SMILES string of the molecule is Nc1nc2cc(-c3cncc(-c4cnn(C(CCF)c5ccc(F)cc5)c4)n3)ccn2n1. The molecule has 0 aliphatic carbocycles. The Morgan fingerprint density at radius 1 is 0.969 bits per heavy atom. The molecule has 0 aliphatic rings. The van der Waals surface area contributed by atoms with Crippen molar-refractivity contribution in [3.8, 4) is 22.5 Å². The highest BCUT2D eigenvalue weighted by molar-refractivity contribution is 5.66. The van der Waals surface area contributed by atoms with Crippen LogP contribution in [0.3, 0.4) is 0 Å². The number of benzene rings is 1. The van der Waals surface area contributed by atoms with Gasteiger partial charge in [0, 0.05) is 29.9 Å². The van der Waals surface area contributed by atoms with E-state index < -0.39 is 6.67 Å². The van der Waals surface area contributed by atoms with Crippen molar-refractivity contribution in [2.45, 2.75) is 12.5 Å². The number of halogens is 2. The van der Waals surface area contributed by atoms with Gasteiger partial charge in [0.2, 0.25) is 5.95 Å². The number of aromatic nitrogens is 7. The molecule has 2 N–H and O–H groups in total. The quantitative estimate of drug-likeness (QED) is 0.439. The van der Waals surface area contributed by atoms with E-state index in [2.05, 4.69) is 20.2 Å². The predicted molar refractivity (Wildman–Crippen MR) is 115 cm³/mol. The number of hydrogen-bond donors (Lipinski definition) is 1. The zero-order chi connectivity index (χ0) is 22.1. The summed E-state index contributed by atoms with van der Waals surface area (Å²) >= 11 is 0. The van der Waals surface area contributed by atoms with E-state index in [0.717, 1.165) is 16.7 Å². The first-order valence-electron chi connectivity index (χ1n) is 9.91. The van der Waals surface area contributed by atoms with Crippen molar-refractivity contribution >= 4 is 11.6 Å². The van der Waals surface area contributed by atoms with Crippen LogP contribution in [0.25, 0.3) is 28.2 Å². The van der Waals surface area contributed by atoms with Crippen LogP contribution in [0.15, 0.2) is 67.4 Å². The van der Waals surface area contributed by atoms with Gasteiger partial charge < -0.3 is 5.73 Å². The summed E-state index contributed by atoms with van der Waals surface area (Å²) in [6.07, 6.45) is 8.72. The normalized spacial score (nSPS) is 12.3. The Morgan fingerprint density at radius 2 is 1.75 bits per heavy atom. The van der Waals surface area contributed by atoms with Gasteiger partial charge in [-0.25, -0.2) is 13.9 Å². The van der Waals surface area contributed by atoms with E-state index in [1.165, 1.54) is 12.1 Å². The van der Waals surface area contributed by atoms with Crippen LogP contribution in [0.1, 0.15) is 18.0 Å². The molecule has 1 unspecified atom stereocenters.